The minimum atomic E-state index is -3.35. The van der Waals surface area contributed by atoms with Gasteiger partial charge in [-0.25, -0.2) is 8.42 Å². The van der Waals surface area contributed by atoms with E-state index in [1.807, 2.05) is 0 Å². The summed E-state index contributed by atoms with van der Waals surface area (Å²) in [5.74, 6) is -0.0249. The Balaban J connectivity index is 2.57. The van der Waals surface area contributed by atoms with Gasteiger partial charge < -0.3 is 15.9 Å². The minimum absolute atomic E-state index is 0.0198. The third-order valence-corrected chi connectivity index (χ3v) is 4.11. The van der Waals surface area contributed by atoms with Crippen molar-refractivity contribution in [1.82, 2.24) is 4.31 Å². The van der Waals surface area contributed by atoms with Gasteiger partial charge in [-0.2, -0.15) is 4.31 Å². The van der Waals surface area contributed by atoms with Crippen molar-refractivity contribution in [2.45, 2.75) is 18.6 Å². The van der Waals surface area contributed by atoms with E-state index in [-0.39, 0.29) is 18.8 Å². The average Bonchev–Trinajstić information content (AvgIpc) is 2.45. The molecule has 1 aliphatic rings. The number of hydrogen-bond acceptors (Lipinski definition) is 5. The summed E-state index contributed by atoms with van der Waals surface area (Å²) < 4.78 is 24.2. The van der Waals surface area contributed by atoms with Crippen molar-refractivity contribution >= 4 is 10.0 Å². The molecule has 0 amide bonds. The average molecular weight is 224 g/mol. The molecule has 0 aromatic carbocycles. The van der Waals surface area contributed by atoms with Crippen molar-refractivity contribution in [1.29, 1.82) is 0 Å². The first-order valence-electron chi connectivity index (χ1n) is 4.51. The van der Waals surface area contributed by atoms with Crippen molar-refractivity contribution in [3.05, 3.63) is 0 Å². The van der Waals surface area contributed by atoms with Gasteiger partial charge in [0.05, 0.1) is 18.0 Å². The summed E-state index contributed by atoms with van der Waals surface area (Å²) in [5.41, 5.74) is 5.21. The molecule has 7 heteroatoms. The summed E-state index contributed by atoms with van der Waals surface area (Å²) in [4.78, 5) is 0. The smallest absolute Gasteiger partial charge is 0.214 e. The maximum Gasteiger partial charge on any atom is 0.214 e. The van der Waals surface area contributed by atoms with Gasteiger partial charge in [0.2, 0.25) is 10.0 Å². The van der Waals surface area contributed by atoms with Gasteiger partial charge in [0.1, 0.15) is 0 Å². The summed E-state index contributed by atoms with van der Waals surface area (Å²) in [6.45, 7) is 0.278. The van der Waals surface area contributed by atoms with Crippen molar-refractivity contribution in [2.75, 3.05) is 25.4 Å². The zero-order valence-electron chi connectivity index (χ0n) is 7.83. The molecule has 1 aliphatic heterocycles. The maximum atomic E-state index is 11.5. The second kappa shape index (κ2) is 4.54. The molecule has 0 aromatic rings. The summed E-state index contributed by atoms with van der Waals surface area (Å²) in [7, 11) is -3.35. The van der Waals surface area contributed by atoms with Gasteiger partial charge in [-0.3, -0.25) is 0 Å². The highest BCUT2D eigenvalue weighted by Gasteiger charge is 2.36. The van der Waals surface area contributed by atoms with Crippen molar-refractivity contribution in [3.63, 3.8) is 0 Å². The Labute approximate surface area is 83.4 Å². The van der Waals surface area contributed by atoms with Crippen LogP contribution in [0, 0.1) is 0 Å². The summed E-state index contributed by atoms with van der Waals surface area (Å²) in [6.07, 6.45) is -1.55. The molecule has 2 unspecified atom stereocenters. The lowest BCUT2D eigenvalue weighted by atomic mass is 10.3. The highest BCUT2D eigenvalue weighted by atomic mass is 32.2. The minimum Gasteiger partial charge on any atom is -0.389 e. The van der Waals surface area contributed by atoms with E-state index < -0.39 is 22.2 Å². The molecule has 1 heterocycles. The normalized spacial score (nSPS) is 29.6. The Morgan fingerprint density at radius 1 is 1.29 bits per heavy atom. The van der Waals surface area contributed by atoms with Crippen LogP contribution >= 0.6 is 0 Å². The number of aliphatic hydroxyl groups is 2. The SMILES string of the molecule is NCCCS(=O)(=O)N1CC(O)C(O)C1. The van der Waals surface area contributed by atoms with Crippen LogP contribution in [-0.4, -0.2) is 60.5 Å². The Bertz CT molecular complexity index is 269. The maximum absolute atomic E-state index is 11.5. The van der Waals surface area contributed by atoms with Crippen LogP contribution in [0.5, 0.6) is 0 Å². The van der Waals surface area contributed by atoms with Crippen LogP contribution < -0.4 is 5.73 Å². The Hall–Kier alpha value is -0.210. The molecule has 0 aromatic heterocycles. The molecule has 0 bridgehead atoms. The molecule has 84 valence electrons. The third-order valence-electron chi connectivity index (χ3n) is 2.23. The summed E-state index contributed by atoms with van der Waals surface area (Å²) >= 11 is 0. The molecule has 14 heavy (non-hydrogen) atoms. The van der Waals surface area contributed by atoms with Gasteiger partial charge in [-0.15, -0.1) is 0 Å². The molecule has 0 radical (unpaired) electrons. The van der Waals surface area contributed by atoms with Gasteiger partial charge >= 0.3 is 0 Å². The molecule has 1 fully saturated rings. The summed E-state index contributed by atoms with van der Waals surface area (Å²) in [5, 5.41) is 18.4. The lowest BCUT2D eigenvalue weighted by Gasteiger charge is -2.14. The van der Waals surface area contributed by atoms with E-state index in [1.54, 1.807) is 0 Å². The van der Waals surface area contributed by atoms with Gasteiger partial charge in [0.25, 0.3) is 0 Å². The number of nitrogens with zero attached hydrogens (tertiary/aromatic N) is 1. The Morgan fingerprint density at radius 2 is 1.79 bits per heavy atom. The molecule has 0 saturated carbocycles. The molecule has 0 spiro atoms. The highest BCUT2D eigenvalue weighted by molar-refractivity contribution is 7.89. The highest BCUT2D eigenvalue weighted by Crippen LogP contribution is 2.15. The predicted octanol–water partition coefficient (Wildman–Crippen LogP) is -2.30. The van der Waals surface area contributed by atoms with Crippen molar-refractivity contribution in [2.24, 2.45) is 5.73 Å². The van der Waals surface area contributed by atoms with Gasteiger partial charge in [-0.1, -0.05) is 0 Å². The third kappa shape index (κ3) is 2.64. The fourth-order valence-corrected chi connectivity index (χ4v) is 2.91. The molecule has 2 atom stereocenters. The van der Waals surface area contributed by atoms with Gasteiger partial charge in [0, 0.05) is 13.1 Å². The van der Waals surface area contributed by atoms with Crippen molar-refractivity contribution in [3.8, 4) is 0 Å². The first-order chi connectivity index (χ1) is 6.47. The fourth-order valence-electron chi connectivity index (χ4n) is 1.36. The van der Waals surface area contributed by atoms with Crippen LogP contribution in [-0.2, 0) is 10.0 Å². The monoisotopic (exact) mass is 224 g/mol. The lowest BCUT2D eigenvalue weighted by molar-refractivity contribution is 0.0572. The molecular formula is C7H16N2O4S. The fraction of sp³-hybridized carbons (Fsp3) is 1.00. The van der Waals surface area contributed by atoms with E-state index in [1.165, 1.54) is 0 Å². The van der Waals surface area contributed by atoms with Crippen LogP contribution in [0.15, 0.2) is 0 Å². The quantitative estimate of drug-likeness (QED) is 0.498. The van der Waals surface area contributed by atoms with E-state index in [0.29, 0.717) is 13.0 Å². The Morgan fingerprint density at radius 3 is 2.21 bits per heavy atom. The number of β-amino-alcohol motifs (C(OH)–C–C–N with tert-alkyl or cyclic N) is 2. The predicted molar refractivity (Wildman–Crippen MR) is 51.0 cm³/mol. The van der Waals surface area contributed by atoms with E-state index in [4.69, 9.17) is 5.73 Å². The van der Waals surface area contributed by atoms with E-state index in [9.17, 15) is 18.6 Å². The number of aliphatic hydroxyl groups excluding tert-OH is 2. The second-order valence-electron chi connectivity index (χ2n) is 3.41. The van der Waals surface area contributed by atoms with E-state index in [0.717, 1.165) is 4.31 Å². The van der Waals surface area contributed by atoms with E-state index in [2.05, 4.69) is 0 Å². The van der Waals surface area contributed by atoms with E-state index >= 15 is 0 Å². The van der Waals surface area contributed by atoms with Crippen LogP contribution in [0.25, 0.3) is 0 Å². The lowest BCUT2D eigenvalue weighted by Crippen LogP contribution is -2.32. The van der Waals surface area contributed by atoms with Gasteiger partial charge in [0.15, 0.2) is 0 Å². The molecule has 6 nitrogen and oxygen atoms in total. The number of sulfonamides is 1. The zero-order chi connectivity index (χ0) is 10.8. The molecule has 0 aliphatic carbocycles. The standard InChI is InChI=1S/C7H16N2O4S/c8-2-1-3-14(12,13)9-4-6(10)7(11)5-9/h6-7,10-11H,1-5,8H2. The van der Waals surface area contributed by atoms with Crippen LogP contribution in [0.2, 0.25) is 0 Å². The largest absolute Gasteiger partial charge is 0.389 e. The van der Waals surface area contributed by atoms with Gasteiger partial charge in [-0.05, 0) is 13.0 Å². The van der Waals surface area contributed by atoms with Crippen LogP contribution in [0.1, 0.15) is 6.42 Å². The Kier molecular flexibility index (Phi) is 3.85. The molecule has 1 rings (SSSR count). The van der Waals surface area contributed by atoms with Crippen LogP contribution in [0.3, 0.4) is 0 Å². The number of hydrogen-bond donors (Lipinski definition) is 3. The van der Waals surface area contributed by atoms with Crippen LogP contribution in [0.4, 0.5) is 0 Å². The molecular weight excluding hydrogens is 208 g/mol. The first kappa shape index (κ1) is 11.9. The molecule has 4 N–H and O–H groups in total. The first-order valence-corrected chi connectivity index (χ1v) is 6.12. The zero-order valence-corrected chi connectivity index (χ0v) is 8.65. The number of rotatable bonds is 4. The van der Waals surface area contributed by atoms with Crippen molar-refractivity contribution < 1.29 is 18.6 Å². The summed E-state index contributed by atoms with van der Waals surface area (Å²) in [6, 6.07) is 0. The molecule has 1 saturated heterocycles. The second-order valence-corrected chi connectivity index (χ2v) is 5.50. The topological polar surface area (TPSA) is 104 Å². The number of nitrogens with two attached hydrogens (primary N) is 1.